The van der Waals surface area contributed by atoms with Gasteiger partial charge in [0.1, 0.15) is 0 Å². The number of anilines is 1. The van der Waals surface area contributed by atoms with Crippen LogP contribution in [0.15, 0.2) is 22.7 Å². The molecule has 1 N–H and O–H groups in total. The first-order valence-electron chi connectivity index (χ1n) is 5.53. The van der Waals surface area contributed by atoms with E-state index in [1.165, 1.54) is 0 Å². The molecule has 0 aromatic heterocycles. The molecule has 1 fully saturated rings. The normalized spacial score (nSPS) is 23.9. The van der Waals surface area contributed by atoms with Crippen molar-refractivity contribution in [2.45, 2.75) is 31.9 Å². The van der Waals surface area contributed by atoms with E-state index >= 15 is 0 Å². The molecule has 0 heterocycles. The molecular weight excluding hydrogens is 289 g/mol. The Morgan fingerprint density at radius 3 is 2.94 bits per heavy atom. The van der Waals surface area contributed by atoms with Gasteiger partial charge >= 0.3 is 0 Å². The van der Waals surface area contributed by atoms with E-state index in [-0.39, 0.29) is 0 Å². The highest BCUT2D eigenvalue weighted by atomic mass is 79.9. The van der Waals surface area contributed by atoms with Crippen LogP contribution in [-0.2, 0) is 4.74 Å². The van der Waals surface area contributed by atoms with Gasteiger partial charge in [0.15, 0.2) is 0 Å². The van der Waals surface area contributed by atoms with Crippen molar-refractivity contribution in [3.05, 3.63) is 27.7 Å². The van der Waals surface area contributed by atoms with Crippen molar-refractivity contribution in [3.63, 3.8) is 0 Å². The van der Waals surface area contributed by atoms with Gasteiger partial charge in [-0.05, 0) is 47.8 Å². The molecule has 2 rings (SSSR count). The van der Waals surface area contributed by atoms with Gasteiger partial charge in [-0.1, -0.05) is 17.7 Å². The van der Waals surface area contributed by atoms with Crippen LogP contribution in [0.2, 0.25) is 5.02 Å². The topological polar surface area (TPSA) is 21.3 Å². The van der Waals surface area contributed by atoms with Crippen LogP contribution in [0.1, 0.15) is 19.8 Å². The van der Waals surface area contributed by atoms with Crippen LogP contribution in [0, 0.1) is 0 Å². The summed E-state index contributed by atoms with van der Waals surface area (Å²) in [6, 6.07) is 6.37. The van der Waals surface area contributed by atoms with Crippen LogP contribution >= 0.6 is 27.5 Å². The van der Waals surface area contributed by atoms with Crippen molar-refractivity contribution >= 4 is 33.2 Å². The molecule has 1 saturated carbocycles. The Morgan fingerprint density at radius 1 is 1.50 bits per heavy atom. The number of ether oxygens (including phenoxy) is 1. The number of nitrogens with one attached hydrogen (secondary N) is 1. The van der Waals surface area contributed by atoms with E-state index in [0.717, 1.165) is 34.6 Å². The maximum atomic E-state index is 6.03. The lowest BCUT2D eigenvalue weighted by atomic mass is 9.89. The fourth-order valence-corrected chi connectivity index (χ4v) is 2.44. The highest BCUT2D eigenvalue weighted by molar-refractivity contribution is 9.10. The monoisotopic (exact) mass is 303 g/mol. The molecule has 0 atom stereocenters. The molecule has 0 radical (unpaired) electrons. The summed E-state index contributed by atoms with van der Waals surface area (Å²) in [5, 5.41) is 4.21. The summed E-state index contributed by atoms with van der Waals surface area (Å²) in [6.45, 7) is 2.84. The molecule has 2 nitrogen and oxygen atoms in total. The Balaban J connectivity index is 1.89. The van der Waals surface area contributed by atoms with Gasteiger partial charge in [0.05, 0.1) is 21.3 Å². The van der Waals surface area contributed by atoms with Gasteiger partial charge in [-0.15, -0.1) is 0 Å². The average Bonchev–Trinajstić information content (AvgIpc) is 2.21. The zero-order valence-corrected chi connectivity index (χ0v) is 11.5. The molecule has 1 aromatic carbocycles. The largest absolute Gasteiger partial charge is 0.381 e. The van der Waals surface area contributed by atoms with E-state index < -0.39 is 0 Å². The van der Waals surface area contributed by atoms with Gasteiger partial charge in [-0.25, -0.2) is 0 Å². The van der Waals surface area contributed by atoms with E-state index in [2.05, 4.69) is 21.2 Å². The first-order valence-corrected chi connectivity index (χ1v) is 6.70. The van der Waals surface area contributed by atoms with Crippen molar-refractivity contribution in [2.75, 3.05) is 11.9 Å². The number of rotatable bonds is 4. The lowest BCUT2D eigenvalue weighted by Crippen LogP contribution is -2.40. The van der Waals surface area contributed by atoms with Gasteiger partial charge < -0.3 is 10.1 Å². The van der Waals surface area contributed by atoms with Crippen LogP contribution in [-0.4, -0.2) is 18.8 Å². The zero-order chi connectivity index (χ0) is 11.5. The van der Waals surface area contributed by atoms with E-state index in [1.807, 2.05) is 25.1 Å². The summed E-state index contributed by atoms with van der Waals surface area (Å²) in [4.78, 5) is 0. The van der Waals surface area contributed by atoms with Gasteiger partial charge in [0.25, 0.3) is 0 Å². The summed E-state index contributed by atoms with van der Waals surface area (Å²) in [5.74, 6) is 0. The molecule has 88 valence electrons. The SMILES string of the molecule is CCOC1CC(Nc2cccc(Cl)c2Br)C1. The molecule has 0 aliphatic heterocycles. The minimum atomic E-state index is 0.431. The number of benzene rings is 1. The maximum absolute atomic E-state index is 6.03. The molecular formula is C12H15BrClNO. The van der Waals surface area contributed by atoms with Crippen LogP contribution < -0.4 is 5.32 Å². The van der Waals surface area contributed by atoms with E-state index in [0.29, 0.717) is 12.1 Å². The number of halogens is 2. The number of hydrogen-bond donors (Lipinski definition) is 1. The Kier molecular flexibility index (Phi) is 4.11. The van der Waals surface area contributed by atoms with Crippen LogP contribution in [0.4, 0.5) is 5.69 Å². The highest BCUT2D eigenvalue weighted by Crippen LogP contribution is 2.33. The predicted molar refractivity (Wildman–Crippen MR) is 71.2 cm³/mol. The van der Waals surface area contributed by atoms with Crippen LogP contribution in [0.3, 0.4) is 0 Å². The second-order valence-electron chi connectivity index (χ2n) is 3.99. The second-order valence-corrected chi connectivity index (χ2v) is 5.19. The van der Waals surface area contributed by atoms with E-state index in [9.17, 15) is 0 Å². The fourth-order valence-electron chi connectivity index (χ4n) is 1.89. The smallest absolute Gasteiger partial charge is 0.0614 e. The van der Waals surface area contributed by atoms with Crippen molar-refractivity contribution in [1.29, 1.82) is 0 Å². The molecule has 1 aromatic rings. The van der Waals surface area contributed by atoms with Gasteiger partial charge in [-0.3, -0.25) is 0 Å². The Hall–Kier alpha value is -0.250. The van der Waals surface area contributed by atoms with Crippen molar-refractivity contribution in [3.8, 4) is 0 Å². The maximum Gasteiger partial charge on any atom is 0.0614 e. The minimum Gasteiger partial charge on any atom is -0.381 e. The number of hydrogen-bond acceptors (Lipinski definition) is 2. The summed E-state index contributed by atoms with van der Waals surface area (Å²) >= 11 is 9.51. The Bertz CT molecular complexity index is 366. The summed E-state index contributed by atoms with van der Waals surface area (Å²) in [7, 11) is 0. The van der Waals surface area contributed by atoms with Crippen molar-refractivity contribution in [2.24, 2.45) is 0 Å². The van der Waals surface area contributed by atoms with Crippen molar-refractivity contribution < 1.29 is 4.74 Å². The molecule has 0 bridgehead atoms. The minimum absolute atomic E-state index is 0.431. The molecule has 0 spiro atoms. The lowest BCUT2D eigenvalue weighted by Gasteiger charge is -2.36. The summed E-state index contributed by atoms with van der Waals surface area (Å²) in [6.07, 6.45) is 2.58. The van der Waals surface area contributed by atoms with Crippen molar-refractivity contribution in [1.82, 2.24) is 0 Å². The van der Waals surface area contributed by atoms with Crippen LogP contribution in [0.5, 0.6) is 0 Å². The van der Waals surface area contributed by atoms with E-state index in [4.69, 9.17) is 16.3 Å². The molecule has 0 unspecified atom stereocenters. The predicted octanol–water partition coefficient (Wildman–Crippen LogP) is 4.08. The highest BCUT2D eigenvalue weighted by Gasteiger charge is 2.29. The zero-order valence-electron chi connectivity index (χ0n) is 9.17. The van der Waals surface area contributed by atoms with E-state index in [1.54, 1.807) is 0 Å². The summed E-state index contributed by atoms with van der Waals surface area (Å²) < 4.78 is 6.46. The van der Waals surface area contributed by atoms with Crippen LogP contribution in [0.25, 0.3) is 0 Å². The molecule has 1 aliphatic rings. The third-order valence-corrected chi connectivity index (χ3v) is 4.21. The molecule has 0 saturated heterocycles. The molecule has 16 heavy (non-hydrogen) atoms. The lowest BCUT2D eigenvalue weighted by molar-refractivity contribution is 0.00298. The summed E-state index contributed by atoms with van der Waals surface area (Å²) in [5.41, 5.74) is 1.06. The quantitative estimate of drug-likeness (QED) is 0.905. The molecule has 4 heteroatoms. The molecule has 0 amide bonds. The third-order valence-electron chi connectivity index (χ3n) is 2.81. The first-order chi connectivity index (χ1) is 7.70. The first kappa shape index (κ1) is 12.2. The standard InChI is InChI=1S/C12H15BrClNO/c1-2-16-9-6-8(7-9)15-11-5-3-4-10(14)12(11)13/h3-5,8-9,15H,2,6-7H2,1H3. The van der Waals surface area contributed by atoms with Gasteiger partial charge in [0, 0.05) is 12.6 Å². The molecule has 1 aliphatic carbocycles. The van der Waals surface area contributed by atoms with Gasteiger partial charge in [-0.2, -0.15) is 0 Å². The second kappa shape index (κ2) is 5.39. The average molecular weight is 305 g/mol. The Morgan fingerprint density at radius 2 is 2.25 bits per heavy atom. The third kappa shape index (κ3) is 2.70. The fraction of sp³-hybridized carbons (Fsp3) is 0.500. The Labute approximate surface area is 109 Å². The van der Waals surface area contributed by atoms with Gasteiger partial charge in [0.2, 0.25) is 0 Å².